The fourth-order valence-electron chi connectivity index (χ4n) is 2.57. The van der Waals surface area contributed by atoms with Crippen molar-refractivity contribution in [3.05, 3.63) is 35.4 Å². The van der Waals surface area contributed by atoms with Gasteiger partial charge in [-0.15, -0.1) is 0 Å². The van der Waals surface area contributed by atoms with E-state index in [-0.39, 0.29) is 5.41 Å². The minimum atomic E-state index is 0.160. The molecule has 1 aliphatic rings. The molecule has 2 rings (SSSR count). The Kier molecular flexibility index (Phi) is 3.10. The molecular formula is C14H19NO. The van der Waals surface area contributed by atoms with Gasteiger partial charge in [0.1, 0.15) is 0 Å². The van der Waals surface area contributed by atoms with E-state index in [4.69, 9.17) is 0 Å². The van der Waals surface area contributed by atoms with E-state index in [9.17, 15) is 4.79 Å². The van der Waals surface area contributed by atoms with Gasteiger partial charge >= 0.3 is 0 Å². The summed E-state index contributed by atoms with van der Waals surface area (Å²) in [6.07, 6.45) is 2.76. The molecule has 2 heteroatoms. The molecule has 1 aliphatic carbocycles. The summed E-state index contributed by atoms with van der Waals surface area (Å²) in [4.78, 5) is 11.8. The average molecular weight is 217 g/mol. The minimum absolute atomic E-state index is 0.160. The lowest BCUT2D eigenvalue weighted by atomic mass is 9.69. The van der Waals surface area contributed by atoms with Gasteiger partial charge in [0.05, 0.1) is 0 Å². The molecule has 0 saturated carbocycles. The standard InChI is InChI=1S/C14H19NO/c1-14(9-10-15-2)8-7-13(16)11-5-3-4-6-12(11)14/h3-6,15H,7-10H2,1-2H3. The molecule has 1 unspecified atom stereocenters. The maximum absolute atomic E-state index is 11.8. The zero-order valence-electron chi connectivity index (χ0n) is 10.0. The number of nitrogens with one attached hydrogen (secondary N) is 1. The number of Topliss-reactive ketones (excluding diaryl/α,β-unsaturated/α-hetero) is 1. The molecule has 0 spiro atoms. The van der Waals surface area contributed by atoms with Crippen LogP contribution in [0.3, 0.4) is 0 Å². The lowest BCUT2D eigenvalue weighted by Gasteiger charge is -2.35. The predicted molar refractivity (Wildman–Crippen MR) is 65.9 cm³/mol. The molecule has 0 heterocycles. The first-order chi connectivity index (χ1) is 7.67. The fourth-order valence-corrected chi connectivity index (χ4v) is 2.57. The van der Waals surface area contributed by atoms with Crippen LogP contribution in [0.2, 0.25) is 0 Å². The Morgan fingerprint density at radius 1 is 1.38 bits per heavy atom. The Hall–Kier alpha value is -1.15. The highest BCUT2D eigenvalue weighted by molar-refractivity contribution is 5.99. The van der Waals surface area contributed by atoms with E-state index in [0.717, 1.165) is 24.9 Å². The summed E-state index contributed by atoms with van der Waals surface area (Å²) >= 11 is 0. The van der Waals surface area contributed by atoms with Gasteiger partial charge in [0.2, 0.25) is 0 Å². The highest BCUT2D eigenvalue weighted by Crippen LogP contribution is 2.39. The van der Waals surface area contributed by atoms with E-state index in [1.165, 1.54) is 5.56 Å². The molecule has 16 heavy (non-hydrogen) atoms. The Labute approximate surface area is 97.1 Å². The van der Waals surface area contributed by atoms with Crippen molar-refractivity contribution in [3.63, 3.8) is 0 Å². The third-order valence-corrected chi connectivity index (χ3v) is 3.71. The topological polar surface area (TPSA) is 29.1 Å². The third-order valence-electron chi connectivity index (χ3n) is 3.71. The second kappa shape index (κ2) is 4.38. The van der Waals surface area contributed by atoms with E-state index < -0.39 is 0 Å². The molecule has 1 aromatic carbocycles. The Bertz CT molecular complexity index is 399. The summed E-state index contributed by atoms with van der Waals surface area (Å²) in [5, 5.41) is 3.20. The quantitative estimate of drug-likeness (QED) is 0.843. The molecule has 0 aliphatic heterocycles. The first-order valence-corrected chi connectivity index (χ1v) is 5.95. The highest BCUT2D eigenvalue weighted by atomic mass is 16.1. The van der Waals surface area contributed by atoms with Crippen LogP contribution in [0.1, 0.15) is 42.1 Å². The zero-order chi connectivity index (χ0) is 11.6. The minimum Gasteiger partial charge on any atom is -0.320 e. The summed E-state index contributed by atoms with van der Waals surface area (Å²) in [5.41, 5.74) is 2.34. The van der Waals surface area contributed by atoms with E-state index in [1.54, 1.807) is 0 Å². The van der Waals surface area contributed by atoms with Gasteiger partial charge in [-0.25, -0.2) is 0 Å². The first kappa shape index (κ1) is 11.3. The van der Waals surface area contributed by atoms with Gasteiger partial charge in [-0.3, -0.25) is 4.79 Å². The Morgan fingerprint density at radius 2 is 2.12 bits per heavy atom. The molecule has 0 amide bonds. The predicted octanol–water partition coefficient (Wildman–Crippen LogP) is 2.53. The van der Waals surface area contributed by atoms with E-state index >= 15 is 0 Å². The van der Waals surface area contributed by atoms with Crippen LogP contribution in [0.5, 0.6) is 0 Å². The second-order valence-electron chi connectivity index (χ2n) is 4.88. The lowest BCUT2D eigenvalue weighted by Crippen LogP contribution is -2.33. The molecule has 0 fully saturated rings. The number of carbonyl (C=O) groups excluding carboxylic acids is 1. The molecule has 1 atom stereocenters. The molecule has 0 radical (unpaired) electrons. The molecule has 2 nitrogen and oxygen atoms in total. The van der Waals surface area contributed by atoms with Gasteiger partial charge in [0.15, 0.2) is 5.78 Å². The van der Waals surface area contributed by atoms with Gasteiger partial charge in [0, 0.05) is 12.0 Å². The van der Waals surface area contributed by atoms with Crippen molar-refractivity contribution in [1.82, 2.24) is 5.32 Å². The van der Waals surface area contributed by atoms with Gasteiger partial charge in [-0.05, 0) is 37.4 Å². The SMILES string of the molecule is CNCCC1(C)CCC(=O)c2ccccc21. The van der Waals surface area contributed by atoms with Crippen molar-refractivity contribution in [1.29, 1.82) is 0 Å². The highest BCUT2D eigenvalue weighted by Gasteiger charge is 2.34. The Morgan fingerprint density at radius 3 is 2.88 bits per heavy atom. The summed E-state index contributed by atoms with van der Waals surface area (Å²) in [6, 6.07) is 8.08. The van der Waals surface area contributed by atoms with Gasteiger partial charge < -0.3 is 5.32 Å². The van der Waals surface area contributed by atoms with Crippen LogP contribution >= 0.6 is 0 Å². The molecule has 1 N–H and O–H groups in total. The summed E-state index contributed by atoms with van der Waals surface area (Å²) in [5.74, 6) is 0.303. The van der Waals surface area contributed by atoms with Crippen LogP contribution in [0.25, 0.3) is 0 Å². The number of fused-ring (bicyclic) bond motifs is 1. The summed E-state index contributed by atoms with van der Waals surface area (Å²) < 4.78 is 0. The van der Waals surface area contributed by atoms with E-state index in [1.807, 2.05) is 25.2 Å². The number of ketones is 1. The molecule has 0 bridgehead atoms. The van der Waals surface area contributed by atoms with Crippen LogP contribution in [0.15, 0.2) is 24.3 Å². The normalized spacial score (nSPS) is 24.2. The lowest BCUT2D eigenvalue weighted by molar-refractivity contribution is 0.0952. The molecule has 0 aromatic heterocycles. The van der Waals surface area contributed by atoms with Crippen molar-refractivity contribution in [2.75, 3.05) is 13.6 Å². The largest absolute Gasteiger partial charge is 0.320 e. The number of rotatable bonds is 3. The van der Waals surface area contributed by atoms with Crippen LogP contribution in [0.4, 0.5) is 0 Å². The van der Waals surface area contributed by atoms with Crippen molar-refractivity contribution < 1.29 is 4.79 Å². The van der Waals surface area contributed by atoms with E-state index in [0.29, 0.717) is 12.2 Å². The maximum Gasteiger partial charge on any atom is 0.163 e. The Balaban J connectivity index is 2.37. The van der Waals surface area contributed by atoms with Crippen LogP contribution < -0.4 is 5.32 Å². The monoisotopic (exact) mass is 217 g/mol. The maximum atomic E-state index is 11.8. The molecule has 0 saturated heterocycles. The van der Waals surface area contributed by atoms with Crippen molar-refractivity contribution in [2.45, 2.75) is 31.6 Å². The number of benzene rings is 1. The first-order valence-electron chi connectivity index (χ1n) is 5.95. The number of hydrogen-bond acceptors (Lipinski definition) is 2. The van der Waals surface area contributed by atoms with Crippen molar-refractivity contribution in [2.24, 2.45) is 0 Å². The smallest absolute Gasteiger partial charge is 0.163 e. The number of hydrogen-bond donors (Lipinski definition) is 1. The third kappa shape index (κ3) is 1.90. The van der Waals surface area contributed by atoms with E-state index in [2.05, 4.69) is 18.3 Å². The summed E-state index contributed by atoms with van der Waals surface area (Å²) in [6.45, 7) is 3.27. The average Bonchev–Trinajstić information content (AvgIpc) is 2.32. The van der Waals surface area contributed by atoms with Crippen molar-refractivity contribution in [3.8, 4) is 0 Å². The molecular weight excluding hydrogens is 198 g/mol. The van der Waals surface area contributed by atoms with Crippen molar-refractivity contribution >= 4 is 5.78 Å². The van der Waals surface area contributed by atoms with Crippen LogP contribution in [-0.2, 0) is 5.41 Å². The number of carbonyl (C=O) groups is 1. The van der Waals surface area contributed by atoms with Crippen LogP contribution in [0, 0.1) is 0 Å². The molecule has 1 aromatic rings. The van der Waals surface area contributed by atoms with Gasteiger partial charge in [-0.1, -0.05) is 31.2 Å². The second-order valence-corrected chi connectivity index (χ2v) is 4.88. The zero-order valence-corrected chi connectivity index (χ0v) is 10.0. The van der Waals surface area contributed by atoms with Gasteiger partial charge in [0.25, 0.3) is 0 Å². The summed E-state index contributed by atoms with van der Waals surface area (Å²) in [7, 11) is 1.98. The van der Waals surface area contributed by atoms with Gasteiger partial charge in [-0.2, -0.15) is 0 Å². The van der Waals surface area contributed by atoms with Crippen LogP contribution in [-0.4, -0.2) is 19.4 Å². The fraction of sp³-hybridized carbons (Fsp3) is 0.500. The molecule has 86 valence electrons.